The fourth-order valence-corrected chi connectivity index (χ4v) is 2.83. The second-order valence-corrected chi connectivity index (χ2v) is 6.81. The molecule has 0 heterocycles. The lowest BCUT2D eigenvalue weighted by atomic mass is 10.2. The summed E-state index contributed by atoms with van der Waals surface area (Å²) in [6.07, 6.45) is 0. The summed E-state index contributed by atoms with van der Waals surface area (Å²) in [7, 11) is 3.47. The molecule has 1 N–H and O–H groups in total. The van der Waals surface area contributed by atoms with Crippen molar-refractivity contribution in [2.45, 2.75) is 19.5 Å². The quantitative estimate of drug-likeness (QED) is 0.757. The minimum absolute atomic E-state index is 0.120. The van der Waals surface area contributed by atoms with E-state index in [0.717, 1.165) is 10.0 Å². The molecule has 0 aromatic heterocycles. The van der Waals surface area contributed by atoms with E-state index >= 15 is 0 Å². The molecule has 2 aromatic carbocycles. The maximum absolute atomic E-state index is 12.5. The lowest BCUT2D eigenvalue weighted by Crippen LogP contribution is -2.39. The smallest absolute Gasteiger partial charge is 0.241 e. The van der Waals surface area contributed by atoms with Gasteiger partial charge in [-0.15, -0.1) is 0 Å². The molecule has 0 radical (unpaired) electrons. The van der Waals surface area contributed by atoms with E-state index in [-0.39, 0.29) is 11.9 Å². The molecule has 0 fully saturated rings. The number of carbonyl (C=O) groups is 1. The van der Waals surface area contributed by atoms with E-state index in [4.69, 9.17) is 16.3 Å². The number of hydrogen-bond donors (Lipinski definition) is 1. The number of likely N-dealkylation sites (N-methyl/N-ethyl adjacent to an activating group) is 1. The lowest BCUT2D eigenvalue weighted by molar-refractivity contribution is -0.120. The van der Waals surface area contributed by atoms with Gasteiger partial charge < -0.3 is 10.1 Å². The summed E-state index contributed by atoms with van der Waals surface area (Å²) in [4.78, 5) is 14.5. The van der Waals surface area contributed by atoms with Crippen molar-refractivity contribution in [1.29, 1.82) is 0 Å². The van der Waals surface area contributed by atoms with Gasteiger partial charge in [-0.05, 0) is 43.8 Å². The van der Waals surface area contributed by atoms with Gasteiger partial charge in [0.25, 0.3) is 0 Å². The van der Waals surface area contributed by atoms with E-state index < -0.39 is 0 Å². The van der Waals surface area contributed by atoms with Crippen molar-refractivity contribution in [3.05, 3.63) is 57.5 Å². The fourth-order valence-electron chi connectivity index (χ4n) is 2.25. The third-order valence-electron chi connectivity index (χ3n) is 3.84. The normalized spacial score (nSPS) is 12.1. The van der Waals surface area contributed by atoms with Crippen molar-refractivity contribution < 1.29 is 9.53 Å². The molecule has 0 saturated heterocycles. The average Bonchev–Trinajstić information content (AvgIpc) is 2.56. The highest BCUT2D eigenvalue weighted by molar-refractivity contribution is 9.10. The molecule has 0 aliphatic heterocycles. The Labute approximate surface area is 155 Å². The van der Waals surface area contributed by atoms with Crippen LogP contribution >= 0.6 is 27.5 Å². The molecule has 1 amide bonds. The Bertz CT molecular complexity index is 724. The Balaban J connectivity index is 2.06. The third kappa shape index (κ3) is 4.72. The Hall–Kier alpha value is -1.56. The zero-order valence-electron chi connectivity index (χ0n) is 13.8. The molecule has 0 aliphatic carbocycles. The number of anilines is 1. The van der Waals surface area contributed by atoms with Gasteiger partial charge in [-0.2, -0.15) is 0 Å². The molecule has 2 aromatic rings. The minimum atomic E-state index is -0.319. The molecule has 4 nitrogen and oxygen atoms in total. The second-order valence-electron chi connectivity index (χ2n) is 5.52. The Morgan fingerprint density at radius 3 is 2.71 bits per heavy atom. The van der Waals surface area contributed by atoms with Crippen LogP contribution in [0.5, 0.6) is 5.75 Å². The number of amides is 1. The van der Waals surface area contributed by atoms with E-state index in [2.05, 4.69) is 21.2 Å². The van der Waals surface area contributed by atoms with Crippen LogP contribution in [0.4, 0.5) is 5.69 Å². The monoisotopic (exact) mass is 410 g/mol. The molecule has 24 heavy (non-hydrogen) atoms. The summed E-state index contributed by atoms with van der Waals surface area (Å²) in [5.41, 5.74) is 1.69. The first-order valence-electron chi connectivity index (χ1n) is 7.50. The van der Waals surface area contributed by atoms with Crippen molar-refractivity contribution in [2.75, 3.05) is 19.5 Å². The molecule has 0 unspecified atom stereocenters. The van der Waals surface area contributed by atoms with Gasteiger partial charge in [-0.25, -0.2) is 0 Å². The number of carbonyl (C=O) groups excluding carboxylic acids is 1. The zero-order valence-corrected chi connectivity index (χ0v) is 16.2. The van der Waals surface area contributed by atoms with Crippen LogP contribution in [0, 0.1) is 0 Å². The highest BCUT2D eigenvalue weighted by Gasteiger charge is 2.20. The first-order chi connectivity index (χ1) is 11.4. The van der Waals surface area contributed by atoms with Gasteiger partial charge in [0.05, 0.1) is 18.8 Å². The molecular formula is C18H20BrClN2O2. The van der Waals surface area contributed by atoms with Crippen molar-refractivity contribution in [2.24, 2.45) is 0 Å². The summed E-state index contributed by atoms with van der Waals surface area (Å²) < 4.78 is 6.29. The SMILES string of the molecule is COc1ccc(Cl)cc1NC(=O)[C@@H](C)N(C)Cc1ccccc1Br. The highest BCUT2D eigenvalue weighted by atomic mass is 79.9. The highest BCUT2D eigenvalue weighted by Crippen LogP contribution is 2.28. The largest absolute Gasteiger partial charge is 0.495 e. The van der Waals surface area contributed by atoms with Crippen LogP contribution in [-0.4, -0.2) is 31.0 Å². The average molecular weight is 412 g/mol. The molecule has 0 spiro atoms. The molecule has 2 rings (SSSR count). The van der Waals surface area contributed by atoms with Gasteiger partial charge in [0.1, 0.15) is 5.75 Å². The Morgan fingerprint density at radius 2 is 2.04 bits per heavy atom. The number of hydrogen-bond acceptors (Lipinski definition) is 3. The number of methoxy groups -OCH3 is 1. The predicted octanol–water partition coefficient (Wildman–Crippen LogP) is 4.57. The first kappa shape index (κ1) is 18.8. The molecule has 6 heteroatoms. The van der Waals surface area contributed by atoms with Crippen molar-refractivity contribution in [3.8, 4) is 5.75 Å². The number of ether oxygens (including phenoxy) is 1. The number of halogens is 2. The summed E-state index contributed by atoms with van der Waals surface area (Å²) in [6.45, 7) is 2.52. The second kappa shape index (κ2) is 8.51. The Morgan fingerprint density at radius 1 is 1.33 bits per heavy atom. The summed E-state index contributed by atoms with van der Waals surface area (Å²) >= 11 is 9.53. The van der Waals surface area contributed by atoms with Crippen LogP contribution < -0.4 is 10.1 Å². The van der Waals surface area contributed by atoms with E-state index in [9.17, 15) is 4.79 Å². The maximum atomic E-state index is 12.5. The van der Waals surface area contributed by atoms with Crippen molar-refractivity contribution >= 4 is 39.1 Å². The van der Waals surface area contributed by atoms with Gasteiger partial charge in [0.15, 0.2) is 0 Å². The molecular weight excluding hydrogens is 392 g/mol. The van der Waals surface area contributed by atoms with Crippen LogP contribution in [0.25, 0.3) is 0 Å². The Kier molecular flexibility index (Phi) is 6.66. The van der Waals surface area contributed by atoms with E-state index in [1.54, 1.807) is 25.3 Å². The van der Waals surface area contributed by atoms with Crippen LogP contribution in [0.15, 0.2) is 46.9 Å². The molecule has 128 valence electrons. The van der Waals surface area contributed by atoms with Crippen LogP contribution in [0.1, 0.15) is 12.5 Å². The van der Waals surface area contributed by atoms with Gasteiger partial charge in [0.2, 0.25) is 5.91 Å². The summed E-state index contributed by atoms with van der Waals surface area (Å²) in [6, 6.07) is 12.8. The third-order valence-corrected chi connectivity index (χ3v) is 4.85. The topological polar surface area (TPSA) is 41.6 Å². The van der Waals surface area contributed by atoms with E-state index in [1.807, 2.05) is 43.1 Å². The molecule has 1 atom stereocenters. The fraction of sp³-hybridized carbons (Fsp3) is 0.278. The van der Waals surface area contributed by atoms with Gasteiger partial charge in [0, 0.05) is 16.0 Å². The van der Waals surface area contributed by atoms with Gasteiger partial charge in [-0.1, -0.05) is 45.7 Å². The van der Waals surface area contributed by atoms with Crippen LogP contribution in [0.3, 0.4) is 0 Å². The van der Waals surface area contributed by atoms with Crippen LogP contribution in [0.2, 0.25) is 5.02 Å². The van der Waals surface area contributed by atoms with Gasteiger partial charge >= 0.3 is 0 Å². The first-order valence-corrected chi connectivity index (χ1v) is 8.67. The standard InChI is InChI=1S/C18H20BrClN2O2/c1-12(22(2)11-13-6-4-5-7-15(13)19)18(23)21-16-10-14(20)8-9-17(16)24-3/h4-10,12H,11H2,1-3H3,(H,21,23)/t12-/m1/s1. The maximum Gasteiger partial charge on any atom is 0.241 e. The molecule has 0 saturated carbocycles. The summed E-state index contributed by atoms with van der Waals surface area (Å²) in [5, 5.41) is 3.42. The molecule has 0 bridgehead atoms. The molecule has 0 aliphatic rings. The predicted molar refractivity (Wildman–Crippen MR) is 102 cm³/mol. The van der Waals surface area contributed by atoms with Crippen molar-refractivity contribution in [1.82, 2.24) is 4.90 Å². The summed E-state index contributed by atoms with van der Waals surface area (Å²) in [5.74, 6) is 0.457. The van der Waals surface area contributed by atoms with E-state index in [0.29, 0.717) is 23.0 Å². The van der Waals surface area contributed by atoms with E-state index in [1.165, 1.54) is 0 Å². The zero-order chi connectivity index (χ0) is 17.7. The van der Waals surface area contributed by atoms with Gasteiger partial charge in [-0.3, -0.25) is 9.69 Å². The van der Waals surface area contributed by atoms with Crippen LogP contribution in [-0.2, 0) is 11.3 Å². The van der Waals surface area contributed by atoms with Crippen molar-refractivity contribution in [3.63, 3.8) is 0 Å². The number of benzene rings is 2. The number of nitrogens with one attached hydrogen (secondary N) is 1. The number of nitrogens with zero attached hydrogens (tertiary/aromatic N) is 1. The minimum Gasteiger partial charge on any atom is -0.495 e. The lowest BCUT2D eigenvalue weighted by Gasteiger charge is -2.24. The number of rotatable bonds is 6.